The van der Waals surface area contributed by atoms with Crippen LogP contribution in [-0.4, -0.2) is 15.7 Å². The van der Waals surface area contributed by atoms with Gasteiger partial charge in [-0.05, 0) is 24.3 Å². The monoisotopic (exact) mass is 287 g/mol. The van der Waals surface area contributed by atoms with Crippen molar-refractivity contribution in [3.05, 3.63) is 47.4 Å². The summed E-state index contributed by atoms with van der Waals surface area (Å²) >= 11 is 0. The smallest absolute Gasteiger partial charge is 0.307 e. The fourth-order valence-electron chi connectivity index (χ4n) is 1.51. The molecule has 0 saturated heterocycles. The molecule has 20 heavy (non-hydrogen) atoms. The summed E-state index contributed by atoms with van der Waals surface area (Å²) in [6.07, 6.45) is -4.59. The number of nitrogens with zero attached hydrogens (tertiary/aromatic N) is 2. The lowest BCUT2D eigenvalue weighted by molar-refractivity contribution is -0.141. The van der Waals surface area contributed by atoms with Crippen LogP contribution in [0.5, 0.6) is 0 Å². The van der Waals surface area contributed by atoms with Gasteiger partial charge in [-0.2, -0.15) is 18.3 Å². The molecule has 1 aromatic heterocycles. The van der Waals surface area contributed by atoms with E-state index in [1.165, 1.54) is 19.2 Å². The number of rotatable bonds is 2. The molecule has 1 aromatic carbocycles. The molecule has 0 bridgehead atoms. The van der Waals surface area contributed by atoms with Crippen LogP contribution in [0, 0.1) is 5.82 Å². The molecule has 2 aromatic rings. The summed E-state index contributed by atoms with van der Waals surface area (Å²) in [7, 11) is 1.27. The Hall–Kier alpha value is -2.38. The zero-order chi connectivity index (χ0) is 14.9. The number of amides is 1. The zero-order valence-corrected chi connectivity index (χ0v) is 10.2. The standard InChI is InChI=1S/C12H9F4N3O/c1-19-10(6-9(18-19)12(14,15)16)17-11(20)7-2-4-8(13)5-3-7/h2-6H,1H3,(H,17,20). The summed E-state index contributed by atoms with van der Waals surface area (Å²) in [6, 6.07) is 5.34. The number of carbonyl (C=O) groups is 1. The Kier molecular flexibility index (Phi) is 3.47. The van der Waals surface area contributed by atoms with E-state index in [2.05, 4.69) is 10.4 Å². The molecule has 1 amide bonds. The van der Waals surface area contributed by atoms with Crippen molar-refractivity contribution in [2.24, 2.45) is 7.05 Å². The van der Waals surface area contributed by atoms with E-state index >= 15 is 0 Å². The van der Waals surface area contributed by atoms with Gasteiger partial charge in [0.15, 0.2) is 5.69 Å². The van der Waals surface area contributed by atoms with Crippen LogP contribution in [0.15, 0.2) is 30.3 Å². The molecule has 0 aliphatic heterocycles. The first-order valence-corrected chi connectivity index (χ1v) is 5.45. The number of alkyl halides is 3. The zero-order valence-electron chi connectivity index (χ0n) is 10.2. The second-order valence-electron chi connectivity index (χ2n) is 4.00. The molecule has 106 valence electrons. The van der Waals surface area contributed by atoms with Crippen molar-refractivity contribution in [3.8, 4) is 0 Å². The van der Waals surface area contributed by atoms with Crippen molar-refractivity contribution >= 4 is 11.7 Å². The number of hydrogen-bond acceptors (Lipinski definition) is 2. The van der Waals surface area contributed by atoms with E-state index in [0.717, 1.165) is 22.9 Å². The van der Waals surface area contributed by atoms with E-state index in [4.69, 9.17) is 0 Å². The van der Waals surface area contributed by atoms with Gasteiger partial charge in [0.2, 0.25) is 0 Å². The van der Waals surface area contributed by atoms with Crippen LogP contribution in [0.25, 0.3) is 0 Å². The quantitative estimate of drug-likeness (QED) is 0.863. The van der Waals surface area contributed by atoms with Crippen LogP contribution in [0.3, 0.4) is 0 Å². The third-order valence-electron chi connectivity index (χ3n) is 2.52. The van der Waals surface area contributed by atoms with Crippen molar-refractivity contribution in [1.29, 1.82) is 0 Å². The van der Waals surface area contributed by atoms with Gasteiger partial charge in [-0.3, -0.25) is 9.48 Å². The SMILES string of the molecule is Cn1nc(C(F)(F)F)cc1NC(=O)c1ccc(F)cc1. The maximum atomic E-state index is 12.7. The fourth-order valence-corrected chi connectivity index (χ4v) is 1.51. The maximum absolute atomic E-state index is 12.7. The summed E-state index contributed by atoms with van der Waals surface area (Å²) in [5.41, 5.74) is -0.976. The average molecular weight is 287 g/mol. The Morgan fingerprint density at radius 2 is 1.85 bits per heavy atom. The second-order valence-corrected chi connectivity index (χ2v) is 4.00. The number of aromatic nitrogens is 2. The lowest BCUT2D eigenvalue weighted by atomic mass is 10.2. The Labute approximate surface area is 111 Å². The molecule has 1 heterocycles. The number of benzene rings is 1. The summed E-state index contributed by atoms with van der Waals surface area (Å²) in [4.78, 5) is 11.8. The number of halogens is 4. The Morgan fingerprint density at radius 3 is 2.35 bits per heavy atom. The van der Waals surface area contributed by atoms with Gasteiger partial charge in [0.25, 0.3) is 5.91 Å². The van der Waals surface area contributed by atoms with Crippen molar-refractivity contribution < 1.29 is 22.4 Å². The summed E-state index contributed by atoms with van der Waals surface area (Å²) < 4.78 is 51.0. The van der Waals surface area contributed by atoms with Gasteiger partial charge >= 0.3 is 6.18 Å². The molecule has 0 aliphatic carbocycles. The molecular weight excluding hydrogens is 278 g/mol. The number of carbonyl (C=O) groups excluding carboxylic acids is 1. The molecule has 1 N–H and O–H groups in total. The third-order valence-corrected chi connectivity index (χ3v) is 2.52. The minimum Gasteiger partial charge on any atom is -0.307 e. The highest BCUT2D eigenvalue weighted by molar-refractivity contribution is 6.03. The predicted molar refractivity (Wildman–Crippen MR) is 62.6 cm³/mol. The van der Waals surface area contributed by atoms with Crippen molar-refractivity contribution in [3.63, 3.8) is 0 Å². The first kappa shape index (κ1) is 14.0. The Bertz CT molecular complexity index is 631. The fraction of sp³-hybridized carbons (Fsp3) is 0.167. The second kappa shape index (κ2) is 4.95. The van der Waals surface area contributed by atoms with E-state index in [-0.39, 0.29) is 11.4 Å². The molecule has 8 heteroatoms. The minimum atomic E-state index is -4.59. The number of anilines is 1. The molecule has 4 nitrogen and oxygen atoms in total. The predicted octanol–water partition coefficient (Wildman–Crippen LogP) is 2.83. The lowest BCUT2D eigenvalue weighted by Gasteiger charge is -2.04. The van der Waals surface area contributed by atoms with Crippen molar-refractivity contribution in [2.75, 3.05) is 5.32 Å². The van der Waals surface area contributed by atoms with Crippen LogP contribution < -0.4 is 5.32 Å². The molecule has 0 unspecified atom stereocenters. The van der Waals surface area contributed by atoms with Crippen LogP contribution in [0.1, 0.15) is 16.1 Å². The average Bonchev–Trinajstić information content (AvgIpc) is 2.71. The van der Waals surface area contributed by atoms with Crippen molar-refractivity contribution in [2.45, 2.75) is 6.18 Å². The normalized spacial score (nSPS) is 11.4. The maximum Gasteiger partial charge on any atom is 0.435 e. The minimum absolute atomic E-state index is 0.105. The highest BCUT2D eigenvalue weighted by Gasteiger charge is 2.34. The van der Waals surface area contributed by atoms with E-state index < -0.39 is 23.6 Å². The molecule has 0 spiro atoms. The highest BCUT2D eigenvalue weighted by Crippen LogP contribution is 2.29. The van der Waals surface area contributed by atoms with Gasteiger partial charge in [-0.25, -0.2) is 4.39 Å². The Balaban J connectivity index is 2.20. The summed E-state index contributed by atoms with van der Waals surface area (Å²) in [5.74, 6) is -1.27. The van der Waals surface area contributed by atoms with E-state index in [0.29, 0.717) is 0 Å². The summed E-state index contributed by atoms with van der Waals surface area (Å²) in [5, 5.41) is 5.54. The summed E-state index contributed by atoms with van der Waals surface area (Å²) in [6.45, 7) is 0. The Morgan fingerprint density at radius 1 is 1.25 bits per heavy atom. The topological polar surface area (TPSA) is 46.9 Å². The van der Waals surface area contributed by atoms with Gasteiger partial charge in [0.1, 0.15) is 11.6 Å². The first-order chi connectivity index (χ1) is 9.27. The van der Waals surface area contributed by atoms with Gasteiger partial charge < -0.3 is 5.32 Å². The third kappa shape index (κ3) is 2.95. The van der Waals surface area contributed by atoms with Gasteiger partial charge in [-0.15, -0.1) is 0 Å². The molecule has 2 rings (SSSR count). The van der Waals surface area contributed by atoms with Crippen LogP contribution in [0.4, 0.5) is 23.4 Å². The number of nitrogens with one attached hydrogen (secondary N) is 1. The molecule has 0 atom stereocenters. The van der Waals surface area contributed by atoms with E-state index in [9.17, 15) is 22.4 Å². The van der Waals surface area contributed by atoms with Gasteiger partial charge in [0, 0.05) is 18.7 Å². The molecule has 0 fully saturated rings. The van der Waals surface area contributed by atoms with Crippen LogP contribution in [0.2, 0.25) is 0 Å². The van der Waals surface area contributed by atoms with Crippen molar-refractivity contribution in [1.82, 2.24) is 9.78 Å². The largest absolute Gasteiger partial charge is 0.435 e. The van der Waals surface area contributed by atoms with Gasteiger partial charge in [-0.1, -0.05) is 0 Å². The highest BCUT2D eigenvalue weighted by atomic mass is 19.4. The van der Waals surface area contributed by atoms with Gasteiger partial charge in [0.05, 0.1) is 0 Å². The number of hydrogen-bond donors (Lipinski definition) is 1. The molecule has 0 radical (unpaired) electrons. The molecule has 0 saturated carbocycles. The van der Waals surface area contributed by atoms with Crippen LogP contribution in [-0.2, 0) is 13.2 Å². The molecule has 0 aliphatic rings. The first-order valence-electron chi connectivity index (χ1n) is 5.45. The molecular formula is C12H9F4N3O. The van der Waals surface area contributed by atoms with E-state index in [1.807, 2.05) is 0 Å². The lowest BCUT2D eigenvalue weighted by Crippen LogP contribution is -2.14. The van der Waals surface area contributed by atoms with E-state index in [1.54, 1.807) is 0 Å². The van der Waals surface area contributed by atoms with Crippen LogP contribution >= 0.6 is 0 Å². The number of aryl methyl sites for hydroxylation is 1.